The second-order valence-corrected chi connectivity index (χ2v) is 8.20. The molecule has 166 valence electrons. The maximum Gasteiger partial charge on any atom is 0.410 e. The van der Waals surface area contributed by atoms with Gasteiger partial charge in [0.15, 0.2) is 5.96 Å². The first-order valence-electron chi connectivity index (χ1n) is 10.4. The van der Waals surface area contributed by atoms with E-state index in [0.29, 0.717) is 19.0 Å². The fraction of sp³-hybridized carbons (Fsp3) is 0.714. The van der Waals surface area contributed by atoms with Crippen LogP contribution in [0.3, 0.4) is 0 Å². The molecule has 1 aromatic heterocycles. The highest BCUT2D eigenvalue weighted by Gasteiger charge is 2.27. The van der Waals surface area contributed by atoms with E-state index in [-0.39, 0.29) is 30.1 Å². The molecule has 1 N–H and O–H groups in total. The van der Waals surface area contributed by atoms with E-state index in [9.17, 15) is 4.79 Å². The molecule has 2 heterocycles. The van der Waals surface area contributed by atoms with Crippen molar-refractivity contribution in [3.63, 3.8) is 0 Å². The van der Waals surface area contributed by atoms with Gasteiger partial charge in [0.25, 0.3) is 0 Å². The number of nitrogens with one attached hydrogen (secondary N) is 1. The van der Waals surface area contributed by atoms with Crippen molar-refractivity contribution in [2.75, 3.05) is 32.7 Å². The molecule has 1 aliphatic rings. The fourth-order valence-corrected chi connectivity index (χ4v) is 3.28. The first-order valence-corrected chi connectivity index (χ1v) is 10.4. The van der Waals surface area contributed by atoms with Gasteiger partial charge in [0.2, 0.25) is 0 Å². The van der Waals surface area contributed by atoms with Gasteiger partial charge in [-0.05, 0) is 65.5 Å². The van der Waals surface area contributed by atoms with Crippen LogP contribution in [0.15, 0.2) is 27.8 Å². The third-order valence-electron chi connectivity index (χ3n) is 4.73. The number of furan rings is 1. The highest BCUT2D eigenvalue weighted by molar-refractivity contribution is 14.0. The zero-order valence-electron chi connectivity index (χ0n) is 18.4. The van der Waals surface area contributed by atoms with E-state index < -0.39 is 5.60 Å². The molecule has 1 aromatic rings. The number of hydrogen-bond acceptors (Lipinski definition) is 4. The SMILES string of the molecule is CCNC(=NCc1ccco1)N1CCC(CN(CC)C(=O)OC(C)(C)C)CC1.I. The smallest absolute Gasteiger partial charge is 0.410 e. The molecule has 0 saturated carbocycles. The van der Waals surface area contributed by atoms with Crippen molar-refractivity contribution < 1.29 is 13.9 Å². The minimum Gasteiger partial charge on any atom is -0.467 e. The summed E-state index contributed by atoms with van der Waals surface area (Å²) in [6.45, 7) is 14.4. The van der Waals surface area contributed by atoms with Crippen LogP contribution in [0.1, 0.15) is 53.2 Å². The third-order valence-corrected chi connectivity index (χ3v) is 4.73. The summed E-state index contributed by atoms with van der Waals surface area (Å²) >= 11 is 0. The normalized spacial score (nSPS) is 15.6. The number of halogens is 1. The number of aliphatic imine (C=N–C) groups is 1. The van der Waals surface area contributed by atoms with E-state index in [1.54, 1.807) is 6.26 Å². The lowest BCUT2D eigenvalue weighted by molar-refractivity contribution is 0.0214. The number of guanidine groups is 1. The Kier molecular flexibility index (Phi) is 10.8. The number of piperidine rings is 1. The van der Waals surface area contributed by atoms with Gasteiger partial charge in [0, 0.05) is 32.7 Å². The maximum absolute atomic E-state index is 12.4. The Bertz CT molecular complexity index is 620. The summed E-state index contributed by atoms with van der Waals surface area (Å²) in [7, 11) is 0. The van der Waals surface area contributed by atoms with Gasteiger partial charge in [0.1, 0.15) is 17.9 Å². The molecule has 0 spiro atoms. The van der Waals surface area contributed by atoms with Crippen molar-refractivity contribution >= 4 is 36.0 Å². The first kappa shape index (κ1) is 25.6. The van der Waals surface area contributed by atoms with Crippen LogP contribution in [-0.4, -0.2) is 60.2 Å². The van der Waals surface area contributed by atoms with Crippen molar-refractivity contribution in [2.24, 2.45) is 10.9 Å². The van der Waals surface area contributed by atoms with E-state index in [2.05, 4.69) is 17.1 Å². The average Bonchev–Trinajstić information content (AvgIpc) is 3.16. The largest absolute Gasteiger partial charge is 0.467 e. The molecule has 0 unspecified atom stereocenters. The van der Waals surface area contributed by atoms with Gasteiger partial charge in [-0.3, -0.25) is 0 Å². The molecule has 0 radical (unpaired) electrons. The average molecular weight is 520 g/mol. The number of rotatable bonds is 6. The molecule has 2 rings (SSSR count). The Morgan fingerprint density at radius 2 is 2.03 bits per heavy atom. The number of carbonyl (C=O) groups is 1. The lowest BCUT2D eigenvalue weighted by atomic mass is 9.96. The van der Waals surface area contributed by atoms with Gasteiger partial charge < -0.3 is 24.3 Å². The van der Waals surface area contributed by atoms with Crippen LogP contribution < -0.4 is 5.32 Å². The lowest BCUT2D eigenvalue weighted by Gasteiger charge is -2.36. The molecule has 29 heavy (non-hydrogen) atoms. The third kappa shape index (κ3) is 8.84. The minimum absolute atomic E-state index is 0. The number of ether oxygens (including phenoxy) is 1. The van der Waals surface area contributed by atoms with Crippen LogP contribution in [0.4, 0.5) is 4.79 Å². The van der Waals surface area contributed by atoms with Gasteiger partial charge in [-0.15, -0.1) is 24.0 Å². The molecule has 0 bridgehead atoms. The van der Waals surface area contributed by atoms with Crippen molar-refractivity contribution in [3.8, 4) is 0 Å². The number of likely N-dealkylation sites (tertiary alicyclic amines) is 1. The minimum atomic E-state index is -0.459. The molecule has 1 saturated heterocycles. The van der Waals surface area contributed by atoms with E-state index in [4.69, 9.17) is 14.1 Å². The second kappa shape index (κ2) is 12.3. The van der Waals surface area contributed by atoms with Crippen LogP contribution >= 0.6 is 24.0 Å². The van der Waals surface area contributed by atoms with Gasteiger partial charge in [-0.1, -0.05) is 0 Å². The van der Waals surface area contributed by atoms with Crippen LogP contribution in [0.25, 0.3) is 0 Å². The Morgan fingerprint density at radius 3 is 2.55 bits per heavy atom. The number of hydrogen-bond donors (Lipinski definition) is 1. The Labute approximate surface area is 192 Å². The molecule has 7 nitrogen and oxygen atoms in total. The molecule has 1 fully saturated rings. The summed E-state index contributed by atoms with van der Waals surface area (Å²) in [4.78, 5) is 21.2. The van der Waals surface area contributed by atoms with Crippen LogP contribution in [0.2, 0.25) is 0 Å². The molecule has 0 aromatic carbocycles. The Balaban J connectivity index is 0.00000420. The Hall–Kier alpha value is -1.45. The molecule has 1 amide bonds. The lowest BCUT2D eigenvalue weighted by Crippen LogP contribution is -2.47. The van der Waals surface area contributed by atoms with E-state index in [1.165, 1.54) is 0 Å². The Morgan fingerprint density at radius 1 is 1.34 bits per heavy atom. The molecule has 0 aliphatic carbocycles. The summed E-state index contributed by atoms with van der Waals surface area (Å²) in [5.74, 6) is 2.27. The van der Waals surface area contributed by atoms with Gasteiger partial charge in [-0.25, -0.2) is 9.79 Å². The van der Waals surface area contributed by atoms with Crippen molar-refractivity contribution in [1.29, 1.82) is 0 Å². The molecule has 0 atom stereocenters. The van der Waals surface area contributed by atoms with E-state index in [0.717, 1.165) is 50.7 Å². The summed E-state index contributed by atoms with van der Waals surface area (Å²) < 4.78 is 10.9. The van der Waals surface area contributed by atoms with Crippen LogP contribution in [0, 0.1) is 5.92 Å². The maximum atomic E-state index is 12.4. The van der Waals surface area contributed by atoms with Crippen molar-refractivity contribution in [1.82, 2.24) is 15.1 Å². The molecule has 8 heteroatoms. The number of amides is 1. The predicted octanol–water partition coefficient (Wildman–Crippen LogP) is 4.33. The highest BCUT2D eigenvalue weighted by atomic mass is 127. The monoisotopic (exact) mass is 520 g/mol. The standard InChI is InChI=1S/C21H36N4O3.HI/c1-6-22-19(23-15-18-9-8-14-27-18)25-12-10-17(11-13-25)16-24(7-2)20(26)28-21(3,4)5;/h8-9,14,17H,6-7,10-13,15-16H2,1-5H3,(H,22,23);1H. The summed E-state index contributed by atoms with van der Waals surface area (Å²) in [6.07, 6.45) is 3.52. The van der Waals surface area contributed by atoms with Gasteiger partial charge in [0.05, 0.1) is 6.26 Å². The highest BCUT2D eigenvalue weighted by Crippen LogP contribution is 2.20. The number of nitrogens with zero attached hydrogens (tertiary/aromatic N) is 3. The summed E-state index contributed by atoms with van der Waals surface area (Å²) in [6, 6.07) is 3.82. The quantitative estimate of drug-likeness (QED) is 0.344. The van der Waals surface area contributed by atoms with Crippen LogP contribution in [0.5, 0.6) is 0 Å². The molecular formula is C21H37IN4O3. The zero-order valence-corrected chi connectivity index (χ0v) is 20.8. The predicted molar refractivity (Wildman–Crippen MR) is 127 cm³/mol. The van der Waals surface area contributed by atoms with Crippen LogP contribution in [-0.2, 0) is 11.3 Å². The summed E-state index contributed by atoms with van der Waals surface area (Å²) in [5.41, 5.74) is -0.459. The number of carbonyl (C=O) groups excluding carboxylic acids is 1. The van der Waals surface area contributed by atoms with Crippen molar-refractivity contribution in [2.45, 2.75) is 59.6 Å². The van der Waals surface area contributed by atoms with Gasteiger partial charge >= 0.3 is 6.09 Å². The second-order valence-electron chi connectivity index (χ2n) is 8.20. The van der Waals surface area contributed by atoms with E-state index >= 15 is 0 Å². The molecule has 1 aliphatic heterocycles. The first-order chi connectivity index (χ1) is 13.3. The van der Waals surface area contributed by atoms with Crippen molar-refractivity contribution in [3.05, 3.63) is 24.2 Å². The molecular weight excluding hydrogens is 483 g/mol. The fourth-order valence-electron chi connectivity index (χ4n) is 3.28. The van der Waals surface area contributed by atoms with Gasteiger partial charge in [-0.2, -0.15) is 0 Å². The van der Waals surface area contributed by atoms with E-state index in [1.807, 2.05) is 44.7 Å². The topological polar surface area (TPSA) is 70.3 Å². The zero-order chi connectivity index (χ0) is 20.6. The summed E-state index contributed by atoms with van der Waals surface area (Å²) in [5, 5.41) is 3.38.